The molecule has 0 spiro atoms. The number of rotatable bonds is 2. The van der Waals surface area contributed by atoms with Crippen LogP contribution in [0.25, 0.3) is 0 Å². The summed E-state index contributed by atoms with van der Waals surface area (Å²) in [5.74, 6) is -0.0767. The number of oxime groups is 1. The zero-order valence-electron chi connectivity index (χ0n) is 9.63. The Balaban J connectivity index is 2.18. The van der Waals surface area contributed by atoms with E-state index in [0.29, 0.717) is 13.0 Å². The van der Waals surface area contributed by atoms with E-state index < -0.39 is 0 Å². The van der Waals surface area contributed by atoms with E-state index in [1.54, 1.807) is 4.90 Å². The molecule has 1 aliphatic rings. The van der Waals surface area contributed by atoms with Crippen LogP contribution in [-0.4, -0.2) is 23.5 Å². The Morgan fingerprint density at radius 3 is 2.71 bits per heavy atom. The van der Waals surface area contributed by atoms with E-state index in [1.165, 1.54) is 0 Å². The molecule has 0 saturated carbocycles. The number of anilines is 1. The first kappa shape index (κ1) is 11.4. The smallest absolute Gasteiger partial charge is 0.227 e. The van der Waals surface area contributed by atoms with Crippen molar-refractivity contribution in [1.82, 2.24) is 0 Å². The lowest BCUT2D eigenvalue weighted by Gasteiger charge is -2.16. The molecule has 1 heterocycles. The molecule has 0 bridgehead atoms. The molecule has 17 heavy (non-hydrogen) atoms. The Bertz CT molecular complexity index is 453. The first-order chi connectivity index (χ1) is 8.11. The summed E-state index contributed by atoms with van der Waals surface area (Å²) < 4.78 is 0. The number of carbonyl (C=O) groups excluding carboxylic acids is 1. The fourth-order valence-corrected chi connectivity index (χ4v) is 1.96. The van der Waals surface area contributed by atoms with Crippen molar-refractivity contribution in [3.8, 4) is 0 Å². The molecule has 2 rings (SSSR count). The molecule has 1 aromatic rings. The van der Waals surface area contributed by atoms with Gasteiger partial charge in [-0.05, 0) is 19.1 Å². The van der Waals surface area contributed by atoms with Crippen LogP contribution in [-0.2, 0) is 4.79 Å². The fourth-order valence-electron chi connectivity index (χ4n) is 1.96. The van der Waals surface area contributed by atoms with E-state index in [1.807, 2.05) is 31.2 Å². The minimum atomic E-state index is -0.200. The van der Waals surface area contributed by atoms with Crippen molar-refractivity contribution in [2.24, 2.45) is 16.8 Å². The van der Waals surface area contributed by atoms with Gasteiger partial charge < -0.3 is 15.8 Å². The quantitative estimate of drug-likeness (QED) is 0.347. The first-order valence-corrected chi connectivity index (χ1v) is 5.46. The predicted molar refractivity (Wildman–Crippen MR) is 65.0 cm³/mol. The Labute approximate surface area is 99.5 Å². The van der Waals surface area contributed by atoms with Gasteiger partial charge in [-0.15, -0.1) is 0 Å². The highest BCUT2D eigenvalue weighted by Gasteiger charge is 2.33. The second-order valence-corrected chi connectivity index (χ2v) is 4.27. The Morgan fingerprint density at radius 2 is 2.12 bits per heavy atom. The van der Waals surface area contributed by atoms with Crippen LogP contribution in [0, 0.1) is 12.8 Å². The lowest BCUT2D eigenvalue weighted by atomic mass is 10.1. The van der Waals surface area contributed by atoms with E-state index in [9.17, 15) is 4.79 Å². The standard InChI is InChI=1S/C12H15N3O2/c1-8-2-4-10(5-3-8)15-7-9(6-11(15)16)12(13)14-17/h2-5,9,17H,6-7H2,1H3,(H2,13,14)/t9-/m1/s1. The fraction of sp³-hybridized carbons (Fsp3) is 0.333. The molecule has 5 nitrogen and oxygen atoms in total. The van der Waals surface area contributed by atoms with Gasteiger partial charge in [-0.3, -0.25) is 4.79 Å². The summed E-state index contributed by atoms with van der Waals surface area (Å²) in [6.07, 6.45) is 0.295. The Hall–Kier alpha value is -2.04. The maximum Gasteiger partial charge on any atom is 0.227 e. The van der Waals surface area contributed by atoms with Crippen molar-refractivity contribution in [1.29, 1.82) is 0 Å². The number of carbonyl (C=O) groups is 1. The molecule has 3 N–H and O–H groups in total. The molecule has 0 unspecified atom stereocenters. The van der Waals surface area contributed by atoms with Crippen molar-refractivity contribution in [2.45, 2.75) is 13.3 Å². The second kappa shape index (κ2) is 4.45. The molecule has 90 valence electrons. The molecule has 0 aromatic heterocycles. The molecule has 1 aromatic carbocycles. The normalized spacial score (nSPS) is 21.0. The average molecular weight is 233 g/mol. The van der Waals surface area contributed by atoms with Crippen LogP contribution >= 0.6 is 0 Å². The maximum atomic E-state index is 11.8. The molecule has 1 saturated heterocycles. The van der Waals surface area contributed by atoms with Crippen LogP contribution in [0.1, 0.15) is 12.0 Å². The first-order valence-electron chi connectivity index (χ1n) is 5.46. The summed E-state index contributed by atoms with van der Waals surface area (Å²) in [6, 6.07) is 7.72. The van der Waals surface area contributed by atoms with Crippen LogP contribution in [0.2, 0.25) is 0 Å². The minimum absolute atomic E-state index is 0.00505. The molecule has 0 radical (unpaired) electrons. The van der Waals surface area contributed by atoms with Crippen LogP contribution < -0.4 is 10.6 Å². The number of amides is 1. The van der Waals surface area contributed by atoms with Crippen LogP contribution in [0.4, 0.5) is 5.69 Å². The van der Waals surface area contributed by atoms with E-state index in [2.05, 4.69) is 5.16 Å². The molecule has 5 heteroatoms. The van der Waals surface area contributed by atoms with Gasteiger partial charge in [0.2, 0.25) is 5.91 Å². The number of hydrogen-bond acceptors (Lipinski definition) is 3. The zero-order chi connectivity index (χ0) is 12.4. The van der Waals surface area contributed by atoms with Crippen molar-refractivity contribution < 1.29 is 10.0 Å². The highest BCUT2D eigenvalue weighted by Crippen LogP contribution is 2.25. The highest BCUT2D eigenvalue weighted by atomic mass is 16.4. The number of benzene rings is 1. The van der Waals surface area contributed by atoms with E-state index in [4.69, 9.17) is 10.9 Å². The molecule has 0 aliphatic carbocycles. The number of hydrogen-bond donors (Lipinski definition) is 2. The van der Waals surface area contributed by atoms with E-state index in [-0.39, 0.29) is 17.7 Å². The van der Waals surface area contributed by atoms with Gasteiger partial charge in [-0.2, -0.15) is 0 Å². The monoisotopic (exact) mass is 233 g/mol. The van der Waals surface area contributed by atoms with Gasteiger partial charge in [0.25, 0.3) is 0 Å². The van der Waals surface area contributed by atoms with Gasteiger partial charge in [0, 0.05) is 24.6 Å². The summed E-state index contributed by atoms with van der Waals surface area (Å²) in [7, 11) is 0. The lowest BCUT2D eigenvalue weighted by molar-refractivity contribution is -0.117. The van der Waals surface area contributed by atoms with Gasteiger partial charge in [0.15, 0.2) is 0 Å². The third-order valence-electron chi connectivity index (χ3n) is 3.00. The van der Waals surface area contributed by atoms with E-state index in [0.717, 1.165) is 11.3 Å². The predicted octanol–water partition coefficient (Wildman–Crippen LogP) is 1.09. The molecule has 1 aliphatic heterocycles. The topological polar surface area (TPSA) is 78.9 Å². The zero-order valence-corrected chi connectivity index (χ0v) is 9.63. The summed E-state index contributed by atoms with van der Waals surface area (Å²) in [5, 5.41) is 11.6. The molecular weight excluding hydrogens is 218 g/mol. The Kier molecular flexibility index (Phi) is 2.99. The van der Waals surface area contributed by atoms with Gasteiger partial charge in [0.05, 0.1) is 0 Å². The summed E-state index contributed by atoms with van der Waals surface area (Å²) in [6.45, 7) is 2.46. The van der Waals surface area contributed by atoms with Crippen molar-refractivity contribution in [3.63, 3.8) is 0 Å². The SMILES string of the molecule is Cc1ccc(N2C[C@H](/C(N)=N\O)CC2=O)cc1. The maximum absolute atomic E-state index is 11.8. The van der Waals surface area contributed by atoms with Crippen molar-refractivity contribution in [2.75, 3.05) is 11.4 Å². The largest absolute Gasteiger partial charge is 0.409 e. The van der Waals surface area contributed by atoms with Crippen molar-refractivity contribution >= 4 is 17.4 Å². The third-order valence-corrected chi connectivity index (χ3v) is 3.00. The number of amidine groups is 1. The molecule has 1 amide bonds. The van der Waals surface area contributed by atoms with E-state index >= 15 is 0 Å². The Morgan fingerprint density at radius 1 is 1.47 bits per heavy atom. The average Bonchev–Trinajstić information content (AvgIpc) is 2.71. The molecule has 1 atom stereocenters. The minimum Gasteiger partial charge on any atom is -0.409 e. The van der Waals surface area contributed by atoms with Gasteiger partial charge >= 0.3 is 0 Å². The third kappa shape index (κ3) is 2.22. The molecular formula is C12H15N3O2. The van der Waals surface area contributed by atoms with Gasteiger partial charge in [-0.25, -0.2) is 0 Å². The van der Waals surface area contributed by atoms with Crippen molar-refractivity contribution in [3.05, 3.63) is 29.8 Å². The summed E-state index contributed by atoms with van der Waals surface area (Å²) in [5.41, 5.74) is 7.53. The summed E-state index contributed by atoms with van der Waals surface area (Å²) >= 11 is 0. The molecule has 1 fully saturated rings. The number of nitrogens with two attached hydrogens (primary N) is 1. The van der Waals surface area contributed by atoms with Crippen LogP contribution in [0.15, 0.2) is 29.4 Å². The summed E-state index contributed by atoms with van der Waals surface area (Å²) in [4.78, 5) is 13.5. The highest BCUT2D eigenvalue weighted by molar-refractivity contribution is 6.01. The number of aryl methyl sites for hydroxylation is 1. The van der Waals surface area contributed by atoms with Crippen LogP contribution in [0.5, 0.6) is 0 Å². The lowest BCUT2D eigenvalue weighted by Crippen LogP contribution is -2.28. The van der Waals surface area contributed by atoms with Gasteiger partial charge in [0.1, 0.15) is 5.84 Å². The van der Waals surface area contributed by atoms with Crippen LogP contribution in [0.3, 0.4) is 0 Å². The van der Waals surface area contributed by atoms with Gasteiger partial charge in [-0.1, -0.05) is 22.9 Å². The second-order valence-electron chi connectivity index (χ2n) is 4.27. The number of nitrogens with zero attached hydrogens (tertiary/aromatic N) is 2.